The second-order valence-electron chi connectivity index (χ2n) is 10.5. The van der Waals surface area contributed by atoms with Crippen molar-refractivity contribution >= 4 is 23.8 Å². The Hall–Kier alpha value is -3.04. The molecule has 0 unspecified atom stereocenters. The van der Waals surface area contributed by atoms with E-state index < -0.39 is 18.1 Å². The monoisotopic (exact) mass is 495 g/mol. The first-order valence-corrected chi connectivity index (χ1v) is 12.9. The molecule has 4 heterocycles. The third kappa shape index (κ3) is 5.68. The fourth-order valence-electron chi connectivity index (χ4n) is 4.95. The summed E-state index contributed by atoms with van der Waals surface area (Å²) in [5, 5.41) is 4.53. The van der Waals surface area contributed by atoms with Gasteiger partial charge in [-0.1, -0.05) is 33.8 Å². The molecule has 0 aromatic carbocycles. The van der Waals surface area contributed by atoms with E-state index in [1.807, 2.05) is 33.8 Å². The number of pyridine rings is 1. The van der Waals surface area contributed by atoms with Gasteiger partial charge in [-0.15, -0.1) is 0 Å². The lowest BCUT2D eigenvalue weighted by molar-refractivity contribution is -0.226. The van der Waals surface area contributed by atoms with Crippen LogP contribution in [0.2, 0.25) is 0 Å². The number of nitrogens with zero attached hydrogens (tertiary/aromatic N) is 4. The van der Waals surface area contributed by atoms with E-state index in [4.69, 9.17) is 4.84 Å². The molecular formula is C27H37N5O4. The third-order valence-electron chi connectivity index (χ3n) is 6.67. The average molecular weight is 496 g/mol. The molecular weight excluding hydrogens is 458 g/mol. The van der Waals surface area contributed by atoms with Crippen LogP contribution in [0.25, 0.3) is 6.08 Å². The number of rotatable bonds is 7. The summed E-state index contributed by atoms with van der Waals surface area (Å²) >= 11 is 0. The van der Waals surface area contributed by atoms with Gasteiger partial charge in [-0.25, -0.2) is 0 Å². The van der Waals surface area contributed by atoms with Crippen molar-refractivity contribution in [3.63, 3.8) is 0 Å². The molecule has 0 spiro atoms. The van der Waals surface area contributed by atoms with Crippen LogP contribution < -0.4 is 5.32 Å². The minimum absolute atomic E-state index is 0.00700. The summed E-state index contributed by atoms with van der Waals surface area (Å²) < 4.78 is 0. The number of carbonyl (C=O) groups excluding carboxylic acids is 3. The van der Waals surface area contributed by atoms with Gasteiger partial charge in [0.2, 0.25) is 5.91 Å². The lowest BCUT2D eigenvalue weighted by Gasteiger charge is -2.49. The molecule has 2 fully saturated rings. The molecule has 9 heteroatoms. The summed E-state index contributed by atoms with van der Waals surface area (Å²) in [6, 6.07) is 4.78. The Morgan fingerprint density at radius 1 is 1.11 bits per heavy atom. The van der Waals surface area contributed by atoms with Gasteiger partial charge in [-0.2, -0.15) is 5.06 Å². The Bertz CT molecular complexity index is 1020. The molecule has 0 aliphatic carbocycles. The highest BCUT2D eigenvalue weighted by molar-refractivity contribution is 5.97. The van der Waals surface area contributed by atoms with E-state index in [1.165, 1.54) is 16.0 Å². The largest absolute Gasteiger partial charge is 0.317 e. The van der Waals surface area contributed by atoms with Gasteiger partial charge < -0.3 is 10.2 Å². The summed E-state index contributed by atoms with van der Waals surface area (Å²) in [5.41, 5.74) is 0.636. The van der Waals surface area contributed by atoms with Crippen LogP contribution in [0.4, 0.5) is 0 Å². The summed E-state index contributed by atoms with van der Waals surface area (Å²) in [7, 11) is 0. The van der Waals surface area contributed by atoms with Crippen molar-refractivity contribution < 1.29 is 19.2 Å². The fourth-order valence-corrected chi connectivity index (χ4v) is 4.95. The lowest BCUT2D eigenvalue weighted by atomic mass is 9.95. The molecule has 1 aromatic heterocycles. The minimum Gasteiger partial charge on any atom is -0.317 e. The summed E-state index contributed by atoms with van der Waals surface area (Å²) in [6.45, 7) is 9.71. The Balaban J connectivity index is 1.74. The van der Waals surface area contributed by atoms with Crippen molar-refractivity contribution in [2.24, 2.45) is 11.8 Å². The fraction of sp³-hybridized carbons (Fsp3) is 0.556. The predicted molar refractivity (Wildman–Crippen MR) is 135 cm³/mol. The Kier molecular flexibility index (Phi) is 8.21. The SMILES string of the molecule is CC(C)C[C@H]1ON(C(=O)/C=C/c2ccccn2)C2=CN(C3CCNCC3)C(=O)[C@H](CC(C)C)N2C1=O. The lowest BCUT2D eigenvalue weighted by Crippen LogP contribution is -2.64. The molecule has 1 N–H and O–H groups in total. The van der Waals surface area contributed by atoms with Gasteiger partial charge in [0.05, 0.1) is 11.9 Å². The molecule has 0 bridgehead atoms. The zero-order valence-electron chi connectivity index (χ0n) is 21.6. The van der Waals surface area contributed by atoms with Crippen LogP contribution in [-0.4, -0.2) is 68.8 Å². The average Bonchev–Trinajstić information content (AvgIpc) is 2.86. The van der Waals surface area contributed by atoms with Crippen LogP contribution >= 0.6 is 0 Å². The number of amides is 3. The minimum atomic E-state index is -0.845. The normalized spacial score (nSPS) is 23.6. The Labute approximate surface area is 213 Å². The smallest absolute Gasteiger partial charge is 0.276 e. The van der Waals surface area contributed by atoms with Gasteiger partial charge in [-0.3, -0.25) is 29.1 Å². The zero-order chi connectivity index (χ0) is 25.8. The van der Waals surface area contributed by atoms with Gasteiger partial charge in [0.15, 0.2) is 11.9 Å². The number of piperidine rings is 1. The van der Waals surface area contributed by atoms with Crippen LogP contribution in [0.5, 0.6) is 0 Å². The number of hydrogen-bond donors (Lipinski definition) is 1. The van der Waals surface area contributed by atoms with E-state index in [0.717, 1.165) is 25.9 Å². The standard InChI is InChI=1S/C27H37N5O4/c1-18(2)15-22-26(34)30(21-10-13-28-14-11-21)17-24-31(22)27(35)23(16-19(3)4)36-32(24)25(33)9-8-20-7-5-6-12-29-20/h5-9,12,17-19,21-23,28H,10-11,13-16H2,1-4H3/b9-8+/t22-,23+/m0/s1. The highest BCUT2D eigenvalue weighted by Gasteiger charge is 2.50. The van der Waals surface area contributed by atoms with Crippen LogP contribution in [0.3, 0.4) is 0 Å². The van der Waals surface area contributed by atoms with E-state index in [-0.39, 0.29) is 29.7 Å². The van der Waals surface area contributed by atoms with E-state index in [1.54, 1.807) is 35.5 Å². The number of hydroxylamine groups is 2. The van der Waals surface area contributed by atoms with Gasteiger partial charge >= 0.3 is 0 Å². The van der Waals surface area contributed by atoms with Crippen LogP contribution in [0.15, 0.2) is 42.5 Å². The summed E-state index contributed by atoms with van der Waals surface area (Å²) in [6.07, 6.45) is 8.03. The second kappa shape index (κ2) is 11.3. The maximum atomic E-state index is 13.8. The van der Waals surface area contributed by atoms with Gasteiger partial charge in [0.25, 0.3) is 11.8 Å². The Morgan fingerprint density at radius 3 is 2.47 bits per heavy atom. The predicted octanol–water partition coefficient (Wildman–Crippen LogP) is 2.92. The maximum Gasteiger partial charge on any atom is 0.276 e. The molecule has 0 saturated carbocycles. The topological polar surface area (TPSA) is 95.1 Å². The molecule has 1 aromatic rings. The van der Waals surface area contributed by atoms with Crippen LogP contribution in [-0.2, 0) is 19.2 Å². The first-order chi connectivity index (χ1) is 17.3. The zero-order valence-corrected chi connectivity index (χ0v) is 21.6. The molecule has 3 aliphatic rings. The number of carbonyl (C=O) groups is 3. The molecule has 4 rings (SSSR count). The number of aromatic nitrogens is 1. The molecule has 3 amide bonds. The molecule has 2 saturated heterocycles. The van der Waals surface area contributed by atoms with Crippen molar-refractivity contribution in [2.75, 3.05) is 13.1 Å². The molecule has 0 radical (unpaired) electrons. The van der Waals surface area contributed by atoms with E-state index in [2.05, 4.69) is 10.3 Å². The first-order valence-electron chi connectivity index (χ1n) is 12.9. The van der Waals surface area contributed by atoms with Gasteiger partial charge in [0.1, 0.15) is 6.04 Å². The van der Waals surface area contributed by atoms with E-state index in [9.17, 15) is 14.4 Å². The maximum absolute atomic E-state index is 13.8. The van der Waals surface area contributed by atoms with Crippen molar-refractivity contribution in [3.05, 3.63) is 48.2 Å². The quantitative estimate of drug-likeness (QED) is 0.585. The number of hydrogen-bond acceptors (Lipinski definition) is 6. The molecule has 3 aliphatic heterocycles. The van der Waals surface area contributed by atoms with E-state index >= 15 is 0 Å². The summed E-state index contributed by atoms with van der Waals surface area (Å²) in [4.78, 5) is 54.5. The van der Waals surface area contributed by atoms with Crippen molar-refractivity contribution in [1.82, 2.24) is 25.2 Å². The third-order valence-corrected chi connectivity index (χ3v) is 6.67. The highest BCUT2D eigenvalue weighted by atomic mass is 16.7. The molecule has 194 valence electrons. The molecule has 2 atom stereocenters. The van der Waals surface area contributed by atoms with Crippen molar-refractivity contribution in [1.29, 1.82) is 0 Å². The van der Waals surface area contributed by atoms with Gasteiger partial charge in [0, 0.05) is 18.3 Å². The van der Waals surface area contributed by atoms with Gasteiger partial charge in [-0.05, 0) is 68.8 Å². The Morgan fingerprint density at radius 2 is 1.83 bits per heavy atom. The van der Waals surface area contributed by atoms with Crippen LogP contribution in [0, 0.1) is 11.8 Å². The second-order valence-corrected chi connectivity index (χ2v) is 10.5. The van der Waals surface area contributed by atoms with Crippen molar-refractivity contribution in [3.8, 4) is 0 Å². The molecule has 36 heavy (non-hydrogen) atoms. The van der Waals surface area contributed by atoms with Crippen LogP contribution in [0.1, 0.15) is 59.1 Å². The highest BCUT2D eigenvalue weighted by Crippen LogP contribution is 2.35. The number of fused-ring (bicyclic) bond motifs is 1. The van der Waals surface area contributed by atoms with E-state index in [0.29, 0.717) is 24.4 Å². The van der Waals surface area contributed by atoms with Crippen molar-refractivity contribution in [2.45, 2.75) is 71.6 Å². The molecule has 9 nitrogen and oxygen atoms in total. The first kappa shape index (κ1) is 26.0. The summed E-state index contributed by atoms with van der Waals surface area (Å²) in [5.74, 6) is -0.132. The number of nitrogens with one attached hydrogen (secondary N) is 1.